The van der Waals surface area contributed by atoms with E-state index in [1.165, 1.54) is 4.90 Å². The van der Waals surface area contributed by atoms with E-state index in [0.717, 1.165) is 0 Å². The summed E-state index contributed by atoms with van der Waals surface area (Å²) in [5, 5.41) is 11.7. The molecule has 2 atom stereocenters. The smallest absolute Gasteiger partial charge is 0.307 e. The van der Waals surface area contributed by atoms with Crippen molar-refractivity contribution in [2.24, 2.45) is 17.3 Å². The number of likely N-dealkylation sites (N-methyl/N-ethyl adjacent to an activating group) is 2. The van der Waals surface area contributed by atoms with Crippen molar-refractivity contribution < 1.29 is 19.5 Å². The van der Waals surface area contributed by atoms with Crippen LogP contribution in [0, 0.1) is 17.3 Å². The molecule has 2 amide bonds. The van der Waals surface area contributed by atoms with Crippen LogP contribution in [-0.2, 0) is 14.4 Å². The lowest BCUT2D eigenvalue weighted by atomic mass is 10.1. The van der Waals surface area contributed by atoms with E-state index >= 15 is 0 Å². The van der Waals surface area contributed by atoms with E-state index in [2.05, 4.69) is 5.32 Å². The van der Waals surface area contributed by atoms with Crippen LogP contribution in [0.25, 0.3) is 0 Å². The Morgan fingerprint density at radius 3 is 2.16 bits per heavy atom. The van der Waals surface area contributed by atoms with Crippen molar-refractivity contribution in [3.8, 4) is 0 Å². The third-order valence-electron chi connectivity index (χ3n) is 3.76. The molecule has 2 unspecified atom stereocenters. The minimum Gasteiger partial charge on any atom is -0.481 e. The van der Waals surface area contributed by atoms with E-state index < -0.39 is 23.2 Å². The number of carboxylic acids is 1. The number of hydrogen-bond donors (Lipinski definition) is 2. The fraction of sp³-hybridized carbons (Fsp3) is 0.769. The van der Waals surface area contributed by atoms with Crippen molar-refractivity contribution in [2.75, 3.05) is 19.6 Å². The zero-order valence-electron chi connectivity index (χ0n) is 11.9. The number of carboxylic acid groups (broad SMARTS) is 1. The molecule has 0 aromatic heterocycles. The molecule has 0 saturated heterocycles. The second-order valence-corrected chi connectivity index (χ2v) is 5.42. The quantitative estimate of drug-likeness (QED) is 0.728. The summed E-state index contributed by atoms with van der Waals surface area (Å²) in [4.78, 5) is 36.3. The van der Waals surface area contributed by atoms with Gasteiger partial charge in [-0.25, -0.2) is 0 Å². The van der Waals surface area contributed by atoms with Gasteiger partial charge in [0.15, 0.2) is 0 Å². The predicted molar refractivity (Wildman–Crippen MR) is 69.3 cm³/mol. The zero-order chi connectivity index (χ0) is 14.8. The Morgan fingerprint density at radius 1 is 1.21 bits per heavy atom. The predicted octanol–water partition coefficient (Wildman–Crippen LogP) is 0.328. The molecule has 1 saturated carbocycles. The van der Waals surface area contributed by atoms with Crippen molar-refractivity contribution in [1.82, 2.24) is 10.2 Å². The molecule has 6 heteroatoms. The first-order valence-corrected chi connectivity index (χ1v) is 6.55. The Hall–Kier alpha value is -1.59. The standard InChI is InChI=1S/C13H22N2O4/c1-5-14-8(16)7-15(6-2)11(17)9-10(12(18)19)13(9,3)4/h9-10H,5-7H2,1-4H3,(H,14,16)(H,18,19). The fourth-order valence-electron chi connectivity index (χ4n) is 2.53. The average Bonchev–Trinajstić information content (AvgIpc) is 2.89. The highest BCUT2D eigenvalue weighted by Gasteiger charge is 2.66. The first-order chi connectivity index (χ1) is 8.77. The van der Waals surface area contributed by atoms with Crippen LogP contribution in [0.5, 0.6) is 0 Å². The molecule has 0 bridgehead atoms. The molecule has 0 aromatic rings. The van der Waals surface area contributed by atoms with Gasteiger partial charge in [0.1, 0.15) is 0 Å². The van der Waals surface area contributed by atoms with Gasteiger partial charge < -0.3 is 15.3 Å². The SMILES string of the molecule is CCNC(=O)CN(CC)C(=O)C1C(C(=O)O)C1(C)C. The Kier molecular flexibility index (Phi) is 4.55. The monoisotopic (exact) mass is 270 g/mol. The van der Waals surface area contributed by atoms with Crippen LogP contribution in [0.15, 0.2) is 0 Å². The number of hydrogen-bond acceptors (Lipinski definition) is 3. The van der Waals surface area contributed by atoms with Crippen molar-refractivity contribution in [3.63, 3.8) is 0 Å². The minimum absolute atomic E-state index is 0.0118. The van der Waals surface area contributed by atoms with Crippen molar-refractivity contribution in [1.29, 1.82) is 0 Å². The van der Waals surface area contributed by atoms with E-state index in [4.69, 9.17) is 5.11 Å². The van der Waals surface area contributed by atoms with Crippen LogP contribution < -0.4 is 5.32 Å². The molecule has 6 nitrogen and oxygen atoms in total. The van der Waals surface area contributed by atoms with Gasteiger partial charge in [-0.2, -0.15) is 0 Å². The van der Waals surface area contributed by atoms with E-state index in [1.807, 2.05) is 0 Å². The number of amides is 2. The molecule has 2 N–H and O–H groups in total. The molecular formula is C13H22N2O4. The highest BCUT2D eigenvalue weighted by atomic mass is 16.4. The molecule has 0 heterocycles. The molecule has 1 rings (SSSR count). The van der Waals surface area contributed by atoms with E-state index in [9.17, 15) is 14.4 Å². The molecule has 1 aliphatic carbocycles. The summed E-state index contributed by atoms with van der Waals surface area (Å²) < 4.78 is 0. The average molecular weight is 270 g/mol. The maximum absolute atomic E-state index is 12.3. The highest BCUT2D eigenvalue weighted by molar-refractivity contribution is 5.93. The number of aliphatic carboxylic acids is 1. The third kappa shape index (κ3) is 3.05. The number of nitrogens with zero attached hydrogens (tertiary/aromatic N) is 1. The van der Waals surface area contributed by atoms with Gasteiger partial charge in [-0.3, -0.25) is 14.4 Å². The molecule has 0 spiro atoms. The number of carbonyl (C=O) groups excluding carboxylic acids is 2. The van der Waals surface area contributed by atoms with Crippen molar-refractivity contribution in [2.45, 2.75) is 27.7 Å². The van der Waals surface area contributed by atoms with Crippen LogP contribution in [0.3, 0.4) is 0 Å². The lowest BCUT2D eigenvalue weighted by Gasteiger charge is -2.21. The zero-order valence-corrected chi connectivity index (χ0v) is 11.9. The summed E-state index contributed by atoms with van der Waals surface area (Å²) in [5.74, 6) is -2.59. The Balaban J connectivity index is 2.70. The highest BCUT2D eigenvalue weighted by Crippen LogP contribution is 2.58. The van der Waals surface area contributed by atoms with Crippen LogP contribution in [0.2, 0.25) is 0 Å². The van der Waals surface area contributed by atoms with E-state index in [-0.39, 0.29) is 18.4 Å². The molecule has 1 aliphatic rings. The Labute approximate surface area is 113 Å². The number of rotatable bonds is 6. The van der Waals surface area contributed by atoms with Gasteiger partial charge in [0.25, 0.3) is 0 Å². The Morgan fingerprint density at radius 2 is 1.79 bits per heavy atom. The fourth-order valence-corrected chi connectivity index (χ4v) is 2.53. The summed E-state index contributed by atoms with van der Waals surface area (Å²) in [6.07, 6.45) is 0. The largest absolute Gasteiger partial charge is 0.481 e. The minimum atomic E-state index is -0.947. The van der Waals surface area contributed by atoms with E-state index in [0.29, 0.717) is 13.1 Å². The van der Waals surface area contributed by atoms with Gasteiger partial charge in [0.2, 0.25) is 11.8 Å². The van der Waals surface area contributed by atoms with Gasteiger partial charge in [-0.05, 0) is 19.3 Å². The summed E-state index contributed by atoms with van der Waals surface area (Å²) in [6, 6.07) is 0. The summed E-state index contributed by atoms with van der Waals surface area (Å²) in [7, 11) is 0. The van der Waals surface area contributed by atoms with Gasteiger partial charge in [0.05, 0.1) is 18.4 Å². The van der Waals surface area contributed by atoms with Crippen LogP contribution in [0.1, 0.15) is 27.7 Å². The van der Waals surface area contributed by atoms with Gasteiger partial charge in [0, 0.05) is 13.1 Å². The topological polar surface area (TPSA) is 86.7 Å². The first-order valence-electron chi connectivity index (χ1n) is 6.55. The van der Waals surface area contributed by atoms with Crippen LogP contribution in [-0.4, -0.2) is 47.4 Å². The summed E-state index contributed by atoms with van der Waals surface area (Å²) in [6.45, 7) is 8.03. The molecule has 19 heavy (non-hydrogen) atoms. The van der Waals surface area contributed by atoms with Crippen molar-refractivity contribution >= 4 is 17.8 Å². The second-order valence-electron chi connectivity index (χ2n) is 5.42. The summed E-state index contributed by atoms with van der Waals surface area (Å²) in [5.41, 5.74) is -0.530. The summed E-state index contributed by atoms with van der Waals surface area (Å²) >= 11 is 0. The van der Waals surface area contributed by atoms with Gasteiger partial charge in [-0.15, -0.1) is 0 Å². The van der Waals surface area contributed by atoms with E-state index in [1.54, 1.807) is 27.7 Å². The molecule has 1 fully saturated rings. The number of carbonyl (C=O) groups is 3. The lowest BCUT2D eigenvalue weighted by molar-refractivity contribution is -0.142. The van der Waals surface area contributed by atoms with Crippen LogP contribution in [0.4, 0.5) is 0 Å². The second kappa shape index (κ2) is 5.59. The third-order valence-corrected chi connectivity index (χ3v) is 3.76. The molecule has 108 valence electrons. The van der Waals surface area contributed by atoms with Gasteiger partial charge in [-0.1, -0.05) is 13.8 Å². The van der Waals surface area contributed by atoms with Gasteiger partial charge >= 0.3 is 5.97 Å². The van der Waals surface area contributed by atoms with Crippen molar-refractivity contribution in [3.05, 3.63) is 0 Å². The van der Waals surface area contributed by atoms with Crippen LogP contribution >= 0.6 is 0 Å². The molecule has 0 radical (unpaired) electrons. The maximum Gasteiger partial charge on any atom is 0.307 e. The molecule has 0 aromatic carbocycles. The lowest BCUT2D eigenvalue weighted by Crippen LogP contribution is -2.42. The number of nitrogens with one attached hydrogen (secondary N) is 1. The molecular weight excluding hydrogens is 248 g/mol. The normalized spacial score (nSPS) is 23.6. The molecule has 0 aliphatic heterocycles. The first kappa shape index (κ1) is 15.5. The Bertz CT molecular complexity index is 392. The maximum atomic E-state index is 12.3.